The van der Waals surface area contributed by atoms with Gasteiger partial charge in [0, 0.05) is 11.1 Å². The molecule has 4 nitrogen and oxygen atoms in total. The Morgan fingerprint density at radius 3 is 2.77 bits per heavy atom. The van der Waals surface area contributed by atoms with Gasteiger partial charge in [-0.1, -0.05) is 30.3 Å². The van der Waals surface area contributed by atoms with E-state index >= 15 is 0 Å². The standard InChI is InChI=1S/C21H17FN2O2/c1-21(2)19(25)23-24-16-11-13(22)8-9-15(16)18-14-6-4-3-5-12(14)7-10-17(18)26-20(21)24/h3-11,20H,1-2H3,(H,23,25). The summed E-state index contributed by atoms with van der Waals surface area (Å²) >= 11 is 0. The zero-order chi connectivity index (χ0) is 18.1. The molecular formula is C21H17FN2O2. The Morgan fingerprint density at radius 1 is 1.12 bits per heavy atom. The molecule has 1 amide bonds. The summed E-state index contributed by atoms with van der Waals surface area (Å²) in [6.07, 6.45) is -0.571. The molecule has 2 aliphatic heterocycles. The first-order valence-corrected chi connectivity index (χ1v) is 8.55. The molecule has 5 rings (SSSR count). The number of rotatable bonds is 0. The summed E-state index contributed by atoms with van der Waals surface area (Å²) in [6, 6.07) is 16.6. The fraction of sp³-hybridized carbons (Fsp3) is 0.190. The van der Waals surface area contributed by atoms with Crippen molar-refractivity contribution < 1.29 is 13.9 Å². The fourth-order valence-electron chi connectivity index (χ4n) is 3.80. The Balaban J connectivity index is 1.87. The number of nitrogens with one attached hydrogen (secondary N) is 1. The van der Waals surface area contributed by atoms with Gasteiger partial charge >= 0.3 is 0 Å². The van der Waals surface area contributed by atoms with Crippen LogP contribution in [0, 0.1) is 11.2 Å². The smallest absolute Gasteiger partial charge is 0.250 e. The van der Waals surface area contributed by atoms with Crippen LogP contribution < -0.4 is 15.2 Å². The van der Waals surface area contributed by atoms with Gasteiger partial charge in [0.2, 0.25) is 12.1 Å². The Kier molecular flexibility index (Phi) is 2.91. The Labute approximate surface area is 150 Å². The first-order chi connectivity index (χ1) is 12.5. The maximum absolute atomic E-state index is 14.1. The van der Waals surface area contributed by atoms with E-state index < -0.39 is 11.6 Å². The lowest BCUT2D eigenvalue weighted by Gasteiger charge is -2.29. The zero-order valence-electron chi connectivity index (χ0n) is 14.4. The van der Waals surface area contributed by atoms with Gasteiger partial charge in [-0.2, -0.15) is 0 Å². The predicted molar refractivity (Wildman–Crippen MR) is 98.2 cm³/mol. The third-order valence-corrected chi connectivity index (χ3v) is 5.28. The number of benzene rings is 3. The van der Waals surface area contributed by atoms with Gasteiger partial charge in [-0.25, -0.2) is 9.40 Å². The summed E-state index contributed by atoms with van der Waals surface area (Å²) < 4.78 is 20.4. The molecule has 0 aliphatic carbocycles. The van der Waals surface area contributed by atoms with Gasteiger partial charge in [0.25, 0.3) is 0 Å². The lowest BCUT2D eigenvalue weighted by molar-refractivity contribution is -0.128. The van der Waals surface area contributed by atoms with Crippen LogP contribution in [0.5, 0.6) is 5.75 Å². The quantitative estimate of drug-likeness (QED) is 0.661. The molecule has 0 radical (unpaired) electrons. The number of halogens is 1. The van der Waals surface area contributed by atoms with E-state index in [1.807, 2.05) is 50.2 Å². The molecule has 2 heterocycles. The molecule has 2 aliphatic rings. The second-order valence-electron chi connectivity index (χ2n) is 7.32. The van der Waals surface area contributed by atoms with Gasteiger partial charge in [0.1, 0.15) is 17.0 Å². The molecule has 0 saturated carbocycles. The average Bonchev–Trinajstić information content (AvgIpc) is 2.77. The van der Waals surface area contributed by atoms with Crippen LogP contribution in [-0.2, 0) is 4.79 Å². The van der Waals surface area contributed by atoms with E-state index in [0.717, 1.165) is 21.9 Å². The van der Waals surface area contributed by atoms with Crippen molar-refractivity contribution in [3.8, 4) is 16.9 Å². The number of carbonyl (C=O) groups excluding carboxylic acids is 1. The van der Waals surface area contributed by atoms with E-state index in [9.17, 15) is 9.18 Å². The third-order valence-electron chi connectivity index (χ3n) is 5.28. The van der Waals surface area contributed by atoms with Crippen LogP contribution in [-0.4, -0.2) is 12.1 Å². The van der Waals surface area contributed by atoms with Crippen LogP contribution in [0.1, 0.15) is 13.8 Å². The molecule has 1 unspecified atom stereocenters. The van der Waals surface area contributed by atoms with Crippen LogP contribution in [0.25, 0.3) is 21.9 Å². The van der Waals surface area contributed by atoms with Crippen molar-refractivity contribution in [2.75, 3.05) is 5.01 Å². The molecule has 1 fully saturated rings. The minimum absolute atomic E-state index is 0.151. The molecule has 3 aromatic rings. The van der Waals surface area contributed by atoms with E-state index in [1.165, 1.54) is 12.1 Å². The molecule has 1 N–H and O–H groups in total. The van der Waals surface area contributed by atoms with Gasteiger partial charge in [-0.3, -0.25) is 10.2 Å². The second-order valence-corrected chi connectivity index (χ2v) is 7.32. The number of nitrogens with zero attached hydrogens (tertiary/aromatic N) is 1. The molecule has 26 heavy (non-hydrogen) atoms. The molecule has 5 heteroatoms. The van der Waals surface area contributed by atoms with Crippen molar-refractivity contribution in [1.29, 1.82) is 0 Å². The van der Waals surface area contributed by atoms with Crippen LogP contribution >= 0.6 is 0 Å². The number of ether oxygens (including phenoxy) is 1. The van der Waals surface area contributed by atoms with Crippen molar-refractivity contribution >= 4 is 22.4 Å². The average molecular weight is 348 g/mol. The number of hydrazine groups is 1. The van der Waals surface area contributed by atoms with Crippen molar-refractivity contribution in [3.05, 3.63) is 60.4 Å². The lowest BCUT2D eigenvalue weighted by Crippen LogP contribution is -2.44. The Bertz CT molecular complexity index is 1080. The number of carbonyl (C=O) groups is 1. The van der Waals surface area contributed by atoms with E-state index in [4.69, 9.17) is 4.74 Å². The monoisotopic (exact) mass is 348 g/mol. The molecule has 0 spiro atoms. The van der Waals surface area contributed by atoms with Crippen molar-refractivity contribution in [1.82, 2.24) is 5.43 Å². The van der Waals surface area contributed by atoms with E-state index in [0.29, 0.717) is 11.4 Å². The topological polar surface area (TPSA) is 41.6 Å². The van der Waals surface area contributed by atoms with Crippen LogP contribution in [0.2, 0.25) is 0 Å². The number of amides is 1. The molecule has 130 valence electrons. The van der Waals surface area contributed by atoms with Gasteiger partial charge in [0.15, 0.2) is 0 Å². The van der Waals surface area contributed by atoms with E-state index in [1.54, 1.807) is 11.1 Å². The van der Waals surface area contributed by atoms with Gasteiger partial charge in [0.05, 0.1) is 5.69 Å². The normalized spacial score (nSPS) is 19.9. The van der Waals surface area contributed by atoms with E-state index in [2.05, 4.69) is 5.43 Å². The summed E-state index contributed by atoms with van der Waals surface area (Å²) in [4.78, 5) is 12.5. The molecular weight excluding hydrogens is 331 g/mol. The largest absolute Gasteiger partial charge is 0.467 e. The summed E-state index contributed by atoms with van der Waals surface area (Å²) in [5.74, 6) is 0.181. The first-order valence-electron chi connectivity index (χ1n) is 8.55. The minimum Gasteiger partial charge on any atom is -0.467 e. The molecule has 0 bridgehead atoms. The van der Waals surface area contributed by atoms with Crippen LogP contribution in [0.15, 0.2) is 54.6 Å². The molecule has 0 aromatic heterocycles. The summed E-state index contributed by atoms with van der Waals surface area (Å²) in [5.41, 5.74) is 4.42. The first kappa shape index (κ1) is 15.2. The SMILES string of the molecule is CC1(C)C(=O)NN2c3cc(F)ccc3-c3c(ccc4ccccc34)OC21. The number of fused-ring (bicyclic) bond motifs is 7. The Morgan fingerprint density at radius 2 is 1.92 bits per heavy atom. The van der Waals surface area contributed by atoms with Crippen LogP contribution in [0.4, 0.5) is 10.1 Å². The van der Waals surface area contributed by atoms with Crippen LogP contribution in [0.3, 0.4) is 0 Å². The van der Waals surface area contributed by atoms with Gasteiger partial charge in [-0.05, 0) is 48.9 Å². The van der Waals surface area contributed by atoms with E-state index in [-0.39, 0.29) is 11.7 Å². The number of hydrogen-bond acceptors (Lipinski definition) is 3. The zero-order valence-corrected chi connectivity index (χ0v) is 14.4. The van der Waals surface area contributed by atoms with Gasteiger partial charge in [-0.15, -0.1) is 0 Å². The third kappa shape index (κ3) is 1.91. The van der Waals surface area contributed by atoms with Crippen molar-refractivity contribution in [2.45, 2.75) is 20.1 Å². The highest BCUT2D eigenvalue weighted by molar-refractivity contribution is 6.04. The second kappa shape index (κ2) is 4.97. The highest BCUT2D eigenvalue weighted by atomic mass is 19.1. The lowest BCUT2D eigenvalue weighted by atomic mass is 9.91. The minimum atomic E-state index is -0.781. The fourth-order valence-corrected chi connectivity index (χ4v) is 3.80. The highest BCUT2D eigenvalue weighted by Crippen LogP contribution is 2.48. The summed E-state index contributed by atoms with van der Waals surface area (Å²) in [7, 11) is 0. The Hall–Kier alpha value is -3.08. The maximum Gasteiger partial charge on any atom is 0.250 e. The van der Waals surface area contributed by atoms with Gasteiger partial charge < -0.3 is 4.74 Å². The highest BCUT2D eigenvalue weighted by Gasteiger charge is 2.51. The predicted octanol–water partition coefficient (Wildman–Crippen LogP) is 4.24. The number of hydrogen-bond donors (Lipinski definition) is 1. The summed E-state index contributed by atoms with van der Waals surface area (Å²) in [5, 5.41) is 3.76. The maximum atomic E-state index is 14.1. The molecule has 1 saturated heterocycles. The number of anilines is 1. The molecule has 1 atom stereocenters. The van der Waals surface area contributed by atoms with Crippen molar-refractivity contribution in [2.24, 2.45) is 5.41 Å². The summed E-state index contributed by atoms with van der Waals surface area (Å²) in [6.45, 7) is 3.66. The molecule has 3 aromatic carbocycles. The van der Waals surface area contributed by atoms with Crippen molar-refractivity contribution in [3.63, 3.8) is 0 Å².